The highest BCUT2D eigenvalue weighted by atomic mass is 19.3. The number of hydrogen-bond donors (Lipinski definition) is 2. The zero-order valence-electron chi connectivity index (χ0n) is 7.34. The number of nitrogens with one attached hydrogen (secondary N) is 1. The molecule has 0 unspecified atom stereocenters. The third-order valence-electron chi connectivity index (χ3n) is 1.64. The summed E-state index contributed by atoms with van der Waals surface area (Å²) >= 11 is 0. The van der Waals surface area contributed by atoms with E-state index >= 15 is 0 Å². The van der Waals surface area contributed by atoms with Crippen molar-refractivity contribution in [3.05, 3.63) is 29.8 Å². The molecule has 0 saturated carbocycles. The van der Waals surface area contributed by atoms with Crippen LogP contribution in [-0.4, -0.2) is 18.9 Å². The van der Waals surface area contributed by atoms with Crippen molar-refractivity contribution < 1.29 is 13.6 Å². The zero-order chi connectivity index (χ0) is 10.6. The molecule has 0 heterocycles. The number of carbonyl (C=O) groups excluding carboxylic acids is 1. The fraction of sp³-hybridized carbons (Fsp3) is 0.222. The molecule has 14 heavy (non-hydrogen) atoms. The molecule has 1 rings (SSSR count). The van der Waals surface area contributed by atoms with Crippen LogP contribution in [0.25, 0.3) is 0 Å². The predicted molar refractivity (Wildman–Crippen MR) is 49.5 cm³/mol. The van der Waals surface area contributed by atoms with E-state index < -0.39 is 18.9 Å². The molecule has 1 aromatic carbocycles. The number of hydrogen-bond acceptors (Lipinski definition) is 2. The normalized spacial score (nSPS) is 10.2. The van der Waals surface area contributed by atoms with E-state index in [-0.39, 0.29) is 5.56 Å². The van der Waals surface area contributed by atoms with Gasteiger partial charge in [-0.2, -0.15) is 0 Å². The summed E-state index contributed by atoms with van der Waals surface area (Å²) in [5, 5.41) is 2.44. The molecule has 0 spiro atoms. The fourth-order valence-corrected chi connectivity index (χ4v) is 1.04. The van der Waals surface area contributed by atoms with Crippen LogP contribution in [0.3, 0.4) is 0 Å². The van der Waals surface area contributed by atoms with Gasteiger partial charge in [-0.15, -0.1) is 0 Å². The van der Waals surface area contributed by atoms with E-state index in [1.807, 2.05) is 0 Å². The Labute approximate surface area is 79.9 Å². The first-order valence-corrected chi connectivity index (χ1v) is 4.02. The van der Waals surface area contributed by atoms with Crippen LogP contribution in [0.15, 0.2) is 24.3 Å². The average Bonchev–Trinajstić information content (AvgIpc) is 2.15. The smallest absolute Gasteiger partial charge is 0.255 e. The van der Waals surface area contributed by atoms with Crippen LogP contribution < -0.4 is 11.1 Å². The lowest BCUT2D eigenvalue weighted by atomic mass is 10.1. The minimum atomic E-state index is -2.46. The van der Waals surface area contributed by atoms with Gasteiger partial charge in [0, 0.05) is 5.69 Å². The molecule has 0 aliphatic carbocycles. The Balaban J connectivity index is 2.79. The van der Waals surface area contributed by atoms with Gasteiger partial charge in [-0.3, -0.25) is 4.79 Å². The Morgan fingerprint density at radius 1 is 1.43 bits per heavy atom. The molecule has 3 N–H and O–H groups in total. The Morgan fingerprint density at radius 2 is 2.07 bits per heavy atom. The van der Waals surface area contributed by atoms with Gasteiger partial charge in [-0.05, 0) is 12.1 Å². The van der Waals surface area contributed by atoms with E-state index in [1.54, 1.807) is 12.1 Å². The highest BCUT2D eigenvalue weighted by Crippen LogP contribution is 2.14. The number of carbonyl (C=O) groups is 1. The highest BCUT2D eigenvalue weighted by Gasteiger charge is 2.08. The number of para-hydroxylation sites is 1. The van der Waals surface area contributed by atoms with Crippen LogP contribution in [0, 0.1) is 0 Å². The summed E-state index contributed by atoms with van der Waals surface area (Å²) in [5.41, 5.74) is 5.60. The Hall–Kier alpha value is -1.65. The number of benzene rings is 1. The molecule has 3 nitrogen and oxygen atoms in total. The van der Waals surface area contributed by atoms with Gasteiger partial charge in [-0.25, -0.2) is 8.78 Å². The summed E-state index contributed by atoms with van der Waals surface area (Å²) in [6, 6.07) is 6.27. The van der Waals surface area contributed by atoms with Gasteiger partial charge in [-0.1, -0.05) is 12.1 Å². The van der Waals surface area contributed by atoms with Crippen LogP contribution in [0.1, 0.15) is 10.4 Å². The molecular formula is C9H10F2N2O. The summed E-state index contributed by atoms with van der Waals surface area (Å²) in [6.07, 6.45) is -2.46. The van der Waals surface area contributed by atoms with E-state index in [0.29, 0.717) is 5.69 Å². The first-order valence-electron chi connectivity index (χ1n) is 4.02. The monoisotopic (exact) mass is 200 g/mol. The first kappa shape index (κ1) is 10.4. The second-order valence-electron chi connectivity index (χ2n) is 2.68. The molecule has 0 aliphatic rings. The fourth-order valence-electron chi connectivity index (χ4n) is 1.04. The molecule has 0 atom stereocenters. The van der Waals surface area contributed by atoms with Crippen LogP contribution in [0.4, 0.5) is 14.5 Å². The van der Waals surface area contributed by atoms with Crippen LogP contribution in [0.2, 0.25) is 0 Å². The Bertz CT molecular complexity index is 328. The van der Waals surface area contributed by atoms with E-state index in [9.17, 15) is 13.6 Å². The third-order valence-corrected chi connectivity index (χ3v) is 1.64. The van der Waals surface area contributed by atoms with Gasteiger partial charge >= 0.3 is 0 Å². The third kappa shape index (κ3) is 2.69. The molecule has 0 saturated heterocycles. The van der Waals surface area contributed by atoms with Crippen molar-refractivity contribution in [1.29, 1.82) is 0 Å². The Kier molecular flexibility index (Phi) is 3.39. The standard InChI is InChI=1S/C9H10F2N2O/c10-8(11)5-13-7-4-2-1-3-6(7)9(12)14/h1-4,8,13H,5H2,(H2,12,14). The molecule has 1 aromatic rings. The summed E-state index contributed by atoms with van der Waals surface area (Å²) in [5.74, 6) is -0.637. The van der Waals surface area contributed by atoms with Gasteiger partial charge in [0.05, 0.1) is 12.1 Å². The number of anilines is 1. The summed E-state index contributed by atoms with van der Waals surface area (Å²) in [6.45, 7) is -0.496. The van der Waals surface area contributed by atoms with Crippen molar-refractivity contribution in [2.24, 2.45) is 5.73 Å². The zero-order valence-corrected chi connectivity index (χ0v) is 7.34. The van der Waals surface area contributed by atoms with Crippen molar-refractivity contribution >= 4 is 11.6 Å². The number of halogens is 2. The first-order chi connectivity index (χ1) is 6.61. The minimum Gasteiger partial charge on any atom is -0.379 e. The number of alkyl halides is 2. The lowest BCUT2D eigenvalue weighted by molar-refractivity contribution is 0.100. The van der Waals surface area contributed by atoms with Gasteiger partial charge < -0.3 is 11.1 Å². The minimum absolute atomic E-state index is 0.216. The molecular weight excluding hydrogens is 190 g/mol. The molecule has 76 valence electrons. The lowest BCUT2D eigenvalue weighted by Gasteiger charge is -2.08. The molecule has 5 heteroatoms. The quantitative estimate of drug-likeness (QED) is 0.773. The lowest BCUT2D eigenvalue weighted by Crippen LogP contribution is -2.17. The van der Waals surface area contributed by atoms with E-state index in [0.717, 1.165) is 0 Å². The molecule has 0 aliphatic heterocycles. The number of amides is 1. The SMILES string of the molecule is NC(=O)c1ccccc1NCC(F)F. The van der Waals surface area contributed by atoms with Crippen molar-refractivity contribution in [2.75, 3.05) is 11.9 Å². The second-order valence-corrected chi connectivity index (χ2v) is 2.68. The average molecular weight is 200 g/mol. The molecule has 0 radical (unpaired) electrons. The number of rotatable bonds is 4. The molecule has 0 bridgehead atoms. The van der Waals surface area contributed by atoms with E-state index in [1.165, 1.54) is 12.1 Å². The maximum absolute atomic E-state index is 11.9. The second kappa shape index (κ2) is 4.55. The number of nitrogens with two attached hydrogens (primary N) is 1. The van der Waals surface area contributed by atoms with Crippen molar-refractivity contribution in [2.45, 2.75) is 6.43 Å². The van der Waals surface area contributed by atoms with Crippen molar-refractivity contribution in [3.63, 3.8) is 0 Å². The molecule has 0 fully saturated rings. The summed E-state index contributed by atoms with van der Waals surface area (Å²) in [4.78, 5) is 10.9. The molecule has 1 amide bonds. The summed E-state index contributed by atoms with van der Waals surface area (Å²) in [7, 11) is 0. The van der Waals surface area contributed by atoms with Gasteiger partial charge in [0.1, 0.15) is 0 Å². The van der Waals surface area contributed by atoms with Crippen molar-refractivity contribution in [1.82, 2.24) is 0 Å². The topological polar surface area (TPSA) is 55.1 Å². The van der Waals surface area contributed by atoms with Crippen LogP contribution in [-0.2, 0) is 0 Å². The number of primary amides is 1. The van der Waals surface area contributed by atoms with E-state index in [4.69, 9.17) is 5.73 Å². The van der Waals surface area contributed by atoms with Crippen LogP contribution >= 0.6 is 0 Å². The maximum Gasteiger partial charge on any atom is 0.255 e. The van der Waals surface area contributed by atoms with Gasteiger partial charge in [0.2, 0.25) is 0 Å². The maximum atomic E-state index is 11.9. The van der Waals surface area contributed by atoms with Crippen molar-refractivity contribution in [3.8, 4) is 0 Å². The Morgan fingerprint density at radius 3 is 2.64 bits per heavy atom. The highest BCUT2D eigenvalue weighted by molar-refractivity contribution is 5.98. The van der Waals surface area contributed by atoms with E-state index in [2.05, 4.69) is 5.32 Å². The van der Waals surface area contributed by atoms with Crippen LogP contribution in [0.5, 0.6) is 0 Å². The summed E-state index contributed by atoms with van der Waals surface area (Å²) < 4.78 is 23.7. The van der Waals surface area contributed by atoms with Gasteiger partial charge in [0.25, 0.3) is 12.3 Å². The molecule has 0 aromatic heterocycles. The largest absolute Gasteiger partial charge is 0.379 e. The predicted octanol–water partition coefficient (Wildman–Crippen LogP) is 1.46. The van der Waals surface area contributed by atoms with Gasteiger partial charge in [0.15, 0.2) is 0 Å².